The Labute approximate surface area is 124 Å². The molecule has 4 heteroatoms. The van der Waals surface area contributed by atoms with Crippen molar-refractivity contribution in [2.45, 2.75) is 25.3 Å². The smallest absolute Gasteiger partial charge is 0.220 e. The standard InChI is InChI=1S/C17H21NO3/c1-17(11-19,12-20)18-16(21)9-7-13-6-8-14-4-2-3-5-15(14)10-13/h2-6,8,10,19-20H,7,9,11-12H2,1H3,(H,18,21). The quantitative estimate of drug-likeness (QED) is 0.756. The Bertz CT molecular complexity index is 620. The number of aryl methyl sites for hydroxylation is 1. The molecule has 2 aromatic carbocycles. The molecule has 0 bridgehead atoms. The fraction of sp³-hybridized carbons (Fsp3) is 0.353. The van der Waals surface area contributed by atoms with Crippen LogP contribution in [0.4, 0.5) is 0 Å². The topological polar surface area (TPSA) is 69.6 Å². The lowest BCUT2D eigenvalue weighted by molar-refractivity contribution is -0.124. The first-order valence-corrected chi connectivity index (χ1v) is 7.07. The summed E-state index contributed by atoms with van der Waals surface area (Å²) in [6.07, 6.45) is 0.956. The van der Waals surface area contributed by atoms with Gasteiger partial charge in [0, 0.05) is 6.42 Å². The minimum absolute atomic E-state index is 0.172. The number of nitrogens with one attached hydrogen (secondary N) is 1. The van der Waals surface area contributed by atoms with Gasteiger partial charge in [0.05, 0.1) is 18.8 Å². The van der Waals surface area contributed by atoms with Crippen molar-refractivity contribution in [3.63, 3.8) is 0 Å². The normalized spacial score (nSPS) is 11.6. The van der Waals surface area contributed by atoms with Crippen LogP contribution in [0.2, 0.25) is 0 Å². The van der Waals surface area contributed by atoms with E-state index in [0.717, 1.165) is 10.9 Å². The highest BCUT2D eigenvalue weighted by Crippen LogP contribution is 2.16. The molecule has 4 nitrogen and oxygen atoms in total. The van der Waals surface area contributed by atoms with Crippen molar-refractivity contribution in [2.75, 3.05) is 13.2 Å². The molecule has 0 aromatic heterocycles. The largest absolute Gasteiger partial charge is 0.394 e. The van der Waals surface area contributed by atoms with E-state index in [-0.39, 0.29) is 19.1 Å². The number of amides is 1. The zero-order chi connectivity index (χ0) is 15.3. The van der Waals surface area contributed by atoms with Crippen LogP contribution in [0.5, 0.6) is 0 Å². The van der Waals surface area contributed by atoms with Crippen LogP contribution < -0.4 is 5.32 Å². The molecule has 0 aliphatic rings. The highest BCUT2D eigenvalue weighted by atomic mass is 16.3. The first-order valence-electron chi connectivity index (χ1n) is 7.07. The fourth-order valence-corrected chi connectivity index (χ4v) is 2.18. The molecule has 21 heavy (non-hydrogen) atoms. The summed E-state index contributed by atoms with van der Waals surface area (Å²) in [6, 6.07) is 14.3. The Morgan fingerprint density at radius 3 is 2.43 bits per heavy atom. The highest BCUT2D eigenvalue weighted by Gasteiger charge is 2.24. The first-order chi connectivity index (χ1) is 10.1. The maximum atomic E-state index is 11.9. The summed E-state index contributed by atoms with van der Waals surface area (Å²) in [5.74, 6) is -0.172. The van der Waals surface area contributed by atoms with Gasteiger partial charge in [0.15, 0.2) is 0 Å². The number of rotatable bonds is 6. The van der Waals surface area contributed by atoms with E-state index in [1.54, 1.807) is 6.92 Å². The molecule has 2 aromatic rings. The molecule has 0 radical (unpaired) electrons. The molecule has 0 aliphatic heterocycles. The van der Waals surface area contributed by atoms with Gasteiger partial charge in [0.1, 0.15) is 0 Å². The molecular formula is C17H21NO3. The second-order valence-electron chi connectivity index (χ2n) is 5.61. The summed E-state index contributed by atoms with van der Waals surface area (Å²) < 4.78 is 0. The van der Waals surface area contributed by atoms with Crippen molar-refractivity contribution >= 4 is 16.7 Å². The van der Waals surface area contributed by atoms with E-state index in [0.29, 0.717) is 12.8 Å². The second-order valence-corrected chi connectivity index (χ2v) is 5.61. The minimum atomic E-state index is -0.958. The molecular weight excluding hydrogens is 266 g/mol. The molecule has 0 fully saturated rings. The number of carbonyl (C=O) groups excluding carboxylic acids is 1. The van der Waals surface area contributed by atoms with Crippen molar-refractivity contribution in [3.8, 4) is 0 Å². The average molecular weight is 287 g/mol. The zero-order valence-electron chi connectivity index (χ0n) is 12.2. The van der Waals surface area contributed by atoms with Gasteiger partial charge in [0.25, 0.3) is 0 Å². The molecule has 1 amide bonds. The molecule has 0 heterocycles. The summed E-state index contributed by atoms with van der Waals surface area (Å²) in [6.45, 7) is 1.04. The summed E-state index contributed by atoms with van der Waals surface area (Å²) in [4.78, 5) is 11.9. The van der Waals surface area contributed by atoms with Crippen molar-refractivity contribution < 1.29 is 15.0 Å². The van der Waals surface area contributed by atoms with E-state index >= 15 is 0 Å². The van der Waals surface area contributed by atoms with Gasteiger partial charge in [-0.15, -0.1) is 0 Å². The Balaban J connectivity index is 1.96. The fourth-order valence-electron chi connectivity index (χ4n) is 2.18. The van der Waals surface area contributed by atoms with Gasteiger partial charge in [-0.2, -0.15) is 0 Å². The number of hydrogen-bond donors (Lipinski definition) is 3. The Morgan fingerprint density at radius 1 is 1.10 bits per heavy atom. The molecule has 0 unspecified atom stereocenters. The van der Waals surface area contributed by atoms with Crippen molar-refractivity contribution in [1.82, 2.24) is 5.32 Å². The third-order valence-electron chi connectivity index (χ3n) is 3.59. The summed E-state index contributed by atoms with van der Waals surface area (Å²) in [7, 11) is 0. The summed E-state index contributed by atoms with van der Waals surface area (Å²) in [5.41, 5.74) is 0.138. The van der Waals surface area contributed by atoms with E-state index in [1.165, 1.54) is 5.39 Å². The number of carbonyl (C=O) groups is 1. The lowest BCUT2D eigenvalue weighted by atomic mass is 10.0. The van der Waals surface area contributed by atoms with E-state index < -0.39 is 5.54 Å². The van der Waals surface area contributed by atoms with Gasteiger partial charge in [-0.3, -0.25) is 4.79 Å². The SMILES string of the molecule is CC(CO)(CO)NC(=O)CCc1ccc2ccccc2c1. The van der Waals surface area contributed by atoms with Crippen LogP contribution in [0.1, 0.15) is 18.9 Å². The monoisotopic (exact) mass is 287 g/mol. The lowest BCUT2D eigenvalue weighted by Crippen LogP contribution is -2.51. The maximum absolute atomic E-state index is 11.9. The van der Waals surface area contributed by atoms with Gasteiger partial charge in [-0.25, -0.2) is 0 Å². The molecule has 0 saturated heterocycles. The van der Waals surface area contributed by atoms with Crippen LogP contribution in [0.25, 0.3) is 10.8 Å². The highest BCUT2D eigenvalue weighted by molar-refractivity contribution is 5.83. The zero-order valence-corrected chi connectivity index (χ0v) is 12.2. The maximum Gasteiger partial charge on any atom is 0.220 e. The van der Waals surface area contributed by atoms with Crippen LogP contribution in [0, 0.1) is 0 Å². The number of fused-ring (bicyclic) bond motifs is 1. The van der Waals surface area contributed by atoms with Gasteiger partial charge in [-0.1, -0.05) is 42.5 Å². The van der Waals surface area contributed by atoms with Gasteiger partial charge < -0.3 is 15.5 Å². The predicted octanol–water partition coefficient (Wildman–Crippen LogP) is 1.63. The Kier molecular flexibility index (Phi) is 4.94. The van der Waals surface area contributed by atoms with Crippen molar-refractivity contribution in [2.24, 2.45) is 0 Å². The second kappa shape index (κ2) is 6.70. The number of hydrogen-bond acceptors (Lipinski definition) is 3. The average Bonchev–Trinajstić information content (AvgIpc) is 2.52. The van der Waals surface area contributed by atoms with E-state index in [2.05, 4.69) is 17.4 Å². The Morgan fingerprint density at radius 2 is 1.76 bits per heavy atom. The van der Waals surface area contributed by atoms with Crippen molar-refractivity contribution in [1.29, 1.82) is 0 Å². The number of benzene rings is 2. The number of aliphatic hydroxyl groups is 2. The third-order valence-corrected chi connectivity index (χ3v) is 3.59. The van der Waals surface area contributed by atoms with Gasteiger partial charge in [0.2, 0.25) is 5.91 Å². The lowest BCUT2D eigenvalue weighted by Gasteiger charge is -2.26. The molecule has 0 spiro atoms. The molecule has 3 N–H and O–H groups in total. The predicted molar refractivity (Wildman–Crippen MR) is 83.0 cm³/mol. The van der Waals surface area contributed by atoms with Gasteiger partial charge in [-0.05, 0) is 29.7 Å². The number of aliphatic hydroxyl groups excluding tert-OH is 2. The van der Waals surface area contributed by atoms with Crippen LogP contribution >= 0.6 is 0 Å². The van der Waals surface area contributed by atoms with Crippen LogP contribution in [-0.2, 0) is 11.2 Å². The van der Waals surface area contributed by atoms with Crippen LogP contribution in [-0.4, -0.2) is 34.9 Å². The van der Waals surface area contributed by atoms with E-state index in [1.807, 2.05) is 30.3 Å². The summed E-state index contributed by atoms with van der Waals surface area (Å²) in [5, 5.41) is 23.3. The van der Waals surface area contributed by atoms with E-state index in [9.17, 15) is 4.79 Å². The molecule has 112 valence electrons. The minimum Gasteiger partial charge on any atom is -0.394 e. The first kappa shape index (κ1) is 15.5. The third kappa shape index (κ3) is 4.03. The Hall–Kier alpha value is -1.91. The summed E-state index contributed by atoms with van der Waals surface area (Å²) >= 11 is 0. The van der Waals surface area contributed by atoms with Crippen LogP contribution in [0.15, 0.2) is 42.5 Å². The van der Waals surface area contributed by atoms with Gasteiger partial charge >= 0.3 is 0 Å². The molecule has 0 atom stereocenters. The van der Waals surface area contributed by atoms with E-state index in [4.69, 9.17) is 10.2 Å². The molecule has 2 rings (SSSR count). The molecule has 0 saturated carbocycles. The van der Waals surface area contributed by atoms with Crippen LogP contribution in [0.3, 0.4) is 0 Å². The molecule has 0 aliphatic carbocycles. The van der Waals surface area contributed by atoms with Crippen molar-refractivity contribution in [3.05, 3.63) is 48.0 Å².